The summed E-state index contributed by atoms with van der Waals surface area (Å²) in [5, 5.41) is 2.26. The van der Waals surface area contributed by atoms with Gasteiger partial charge in [0.2, 0.25) is 0 Å². The number of esters is 1. The number of nitrogens with zero attached hydrogens (tertiary/aromatic N) is 1. The monoisotopic (exact) mass is 529 g/mol. The molecule has 6 nitrogen and oxygen atoms in total. The number of hydrogen-bond donors (Lipinski definition) is 0. The van der Waals surface area contributed by atoms with E-state index in [-0.39, 0.29) is 17.6 Å². The fourth-order valence-corrected chi connectivity index (χ4v) is 4.82. The van der Waals surface area contributed by atoms with Crippen LogP contribution in [-0.4, -0.2) is 34.7 Å². The minimum absolute atomic E-state index is 0.178. The van der Waals surface area contributed by atoms with Gasteiger partial charge in [-0.25, -0.2) is 0 Å². The summed E-state index contributed by atoms with van der Waals surface area (Å²) in [6.45, 7) is 3.14. The highest BCUT2D eigenvalue weighted by atomic mass is 35.5. The topological polar surface area (TPSA) is 72.9 Å². The molecule has 0 N–H and O–H groups in total. The lowest BCUT2D eigenvalue weighted by molar-refractivity contribution is -0.149. The number of halogens is 2. The molecule has 0 atom stereocenters. The van der Waals surface area contributed by atoms with Gasteiger partial charge in [-0.1, -0.05) is 59.6 Å². The molecule has 1 aliphatic rings. The summed E-state index contributed by atoms with van der Waals surface area (Å²) in [7, 11) is 0. The summed E-state index contributed by atoms with van der Waals surface area (Å²) < 4.78 is 11.2. The number of thioether (sulfide) groups is 1. The Kier molecular flexibility index (Phi) is 7.69. The van der Waals surface area contributed by atoms with Gasteiger partial charge in [0.15, 0.2) is 0 Å². The molecule has 0 bridgehead atoms. The fraction of sp³-hybridized carbons (Fsp3) is 0.192. The average Bonchev–Trinajstić information content (AvgIpc) is 3.06. The Balaban J connectivity index is 1.66. The van der Waals surface area contributed by atoms with E-state index in [0.717, 1.165) is 33.0 Å². The molecule has 0 aromatic heterocycles. The van der Waals surface area contributed by atoms with Gasteiger partial charge in [-0.2, -0.15) is 0 Å². The average molecular weight is 530 g/mol. The van der Waals surface area contributed by atoms with Crippen molar-refractivity contribution in [3.05, 3.63) is 80.7 Å². The molecule has 0 unspecified atom stereocenters. The number of rotatable bonds is 7. The van der Waals surface area contributed by atoms with E-state index in [4.69, 9.17) is 32.7 Å². The van der Waals surface area contributed by atoms with Crippen LogP contribution in [0.4, 0.5) is 4.79 Å². The molecule has 0 saturated carbocycles. The third-order valence-electron chi connectivity index (χ3n) is 5.13. The molecule has 1 aliphatic heterocycles. The molecule has 2 amide bonds. The molecular formula is C26H21Cl2NO5S. The van der Waals surface area contributed by atoms with E-state index in [1.54, 1.807) is 38.1 Å². The van der Waals surface area contributed by atoms with Crippen LogP contribution in [0.25, 0.3) is 16.8 Å². The molecule has 4 rings (SSSR count). The number of carbonyl (C=O) groups excluding carboxylic acids is 3. The molecular weight excluding hydrogens is 509 g/mol. The second kappa shape index (κ2) is 10.7. The van der Waals surface area contributed by atoms with Crippen LogP contribution in [0.5, 0.6) is 5.75 Å². The van der Waals surface area contributed by atoms with Gasteiger partial charge in [0.1, 0.15) is 18.9 Å². The highest BCUT2D eigenvalue weighted by molar-refractivity contribution is 8.18. The lowest BCUT2D eigenvalue weighted by Gasteiger charge is -2.14. The van der Waals surface area contributed by atoms with E-state index in [0.29, 0.717) is 21.4 Å². The number of imide groups is 1. The summed E-state index contributed by atoms with van der Waals surface area (Å²) in [5.41, 5.74) is 1.39. The Morgan fingerprint density at radius 3 is 2.60 bits per heavy atom. The molecule has 9 heteroatoms. The van der Waals surface area contributed by atoms with Crippen LogP contribution in [-0.2, 0) is 20.9 Å². The number of ether oxygens (including phenoxy) is 2. The van der Waals surface area contributed by atoms with Crippen LogP contribution in [0.2, 0.25) is 10.0 Å². The molecule has 0 radical (unpaired) electrons. The zero-order valence-electron chi connectivity index (χ0n) is 18.9. The summed E-state index contributed by atoms with van der Waals surface area (Å²) in [5.74, 6) is -0.682. The normalized spacial score (nSPS) is 14.9. The van der Waals surface area contributed by atoms with Gasteiger partial charge < -0.3 is 9.47 Å². The molecule has 0 spiro atoms. The van der Waals surface area contributed by atoms with E-state index < -0.39 is 23.7 Å². The van der Waals surface area contributed by atoms with E-state index in [2.05, 4.69) is 0 Å². The smallest absolute Gasteiger partial charge is 0.326 e. The number of benzene rings is 3. The van der Waals surface area contributed by atoms with E-state index in [9.17, 15) is 14.4 Å². The quantitative estimate of drug-likeness (QED) is 0.250. The van der Waals surface area contributed by atoms with Crippen LogP contribution in [0.3, 0.4) is 0 Å². The Bertz CT molecular complexity index is 1350. The van der Waals surface area contributed by atoms with Crippen molar-refractivity contribution in [1.82, 2.24) is 4.90 Å². The molecule has 35 heavy (non-hydrogen) atoms. The zero-order chi connectivity index (χ0) is 25.1. The second-order valence-electron chi connectivity index (χ2n) is 8.03. The Hall–Kier alpha value is -3.00. The first-order valence-corrected chi connectivity index (χ1v) is 12.3. The third-order valence-corrected chi connectivity index (χ3v) is 6.63. The number of hydrogen-bond acceptors (Lipinski definition) is 6. The van der Waals surface area contributed by atoms with Gasteiger partial charge in [0.05, 0.1) is 11.0 Å². The van der Waals surface area contributed by atoms with Gasteiger partial charge in [0.25, 0.3) is 11.1 Å². The molecule has 1 heterocycles. The van der Waals surface area contributed by atoms with Crippen LogP contribution in [0, 0.1) is 0 Å². The minimum Gasteiger partial charge on any atom is -0.488 e. The van der Waals surface area contributed by atoms with Gasteiger partial charge >= 0.3 is 5.97 Å². The first-order valence-electron chi connectivity index (χ1n) is 10.8. The fourth-order valence-electron chi connectivity index (χ4n) is 3.54. The number of amides is 2. The second-order valence-corrected chi connectivity index (χ2v) is 9.87. The van der Waals surface area contributed by atoms with Gasteiger partial charge in [-0.15, -0.1) is 0 Å². The van der Waals surface area contributed by atoms with Crippen molar-refractivity contribution < 1.29 is 23.9 Å². The highest BCUT2D eigenvalue weighted by Gasteiger charge is 2.37. The first-order chi connectivity index (χ1) is 16.7. The Labute approximate surface area is 216 Å². The largest absolute Gasteiger partial charge is 0.488 e. The maximum Gasteiger partial charge on any atom is 0.326 e. The molecule has 3 aromatic carbocycles. The van der Waals surface area contributed by atoms with Crippen molar-refractivity contribution in [1.29, 1.82) is 0 Å². The third kappa shape index (κ3) is 5.81. The Morgan fingerprint density at radius 1 is 1.09 bits per heavy atom. The highest BCUT2D eigenvalue weighted by Crippen LogP contribution is 2.37. The van der Waals surface area contributed by atoms with Gasteiger partial charge in [0, 0.05) is 21.2 Å². The lowest BCUT2D eigenvalue weighted by Crippen LogP contribution is -2.35. The van der Waals surface area contributed by atoms with Crippen molar-refractivity contribution >= 4 is 68.9 Å². The summed E-state index contributed by atoms with van der Waals surface area (Å²) in [4.78, 5) is 38.6. The van der Waals surface area contributed by atoms with Crippen LogP contribution >= 0.6 is 35.0 Å². The summed E-state index contributed by atoms with van der Waals surface area (Å²) >= 11 is 13.0. The van der Waals surface area contributed by atoms with E-state index >= 15 is 0 Å². The first kappa shape index (κ1) is 25.1. The van der Waals surface area contributed by atoms with Crippen molar-refractivity contribution in [2.24, 2.45) is 0 Å². The SMILES string of the molecule is CC(C)OC(=O)CN1C(=O)S/C(=C/c2c(OCc3ccc(Cl)cc3Cl)ccc3ccccc23)C1=O. The molecule has 3 aromatic rings. The standard InChI is InChI=1S/C26H21Cl2NO5S/c1-15(2)34-24(30)13-29-25(31)23(35-26(29)32)12-20-19-6-4-3-5-16(19)8-10-22(20)33-14-17-7-9-18(27)11-21(17)28/h3-12,15H,13-14H2,1-2H3/b23-12+. The van der Waals surface area contributed by atoms with Crippen LogP contribution in [0.15, 0.2) is 59.5 Å². The zero-order valence-corrected chi connectivity index (χ0v) is 21.2. The molecule has 180 valence electrons. The maximum absolute atomic E-state index is 13.0. The number of fused-ring (bicyclic) bond motifs is 1. The summed E-state index contributed by atoms with van der Waals surface area (Å²) in [6.07, 6.45) is 1.28. The predicted octanol–water partition coefficient (Wildman–Crippen LogP) is 6.71. The molecule has 1 fully saturated rings. The van der Waals surface area contributed by atoms with Crippen LogP contribution in [0.1, 0.15) is 25.0 Å². The predicted molar refractivity (Wildman–Crippen MR) is 139 cm³/mol. The number of carbonyl (C=O) groups is 3. The lowest BCUT2D eigenvalue weighted by atomic mass is 10.0. The van der Waals surface area contributed by atoms with E-state index in [1.165, 1.54) is 0 Å². The van der Waals surface area contributed by atoms with E-state index in [1.807, 2.05) is 36.4 Å². The van der Waals surface area contributed by atoms with Gasteiger partial charge in [-0.05, 0) is 60.7 Å². The summed E-state index contributed by atoms with van der Waals surface area (Å²) in [6, 6.07) is 16.5. The maximum atomic E-state index is 13.0. The molecule has 1 saturated heterocycles. The van der Waals surface area contributed by atoms with Crippen molar-refractivity contribution in [2.75, 3.05) is 6.54 Å². The Morgan fingerprint density at radius 2 is 1.86 bits per heavy atom. The van der Waals surface area contributed by atoms with Crippen molar-refractivity contribution in [3.63, 3.8) is 0 Å². The van der Waals surface area contributed by atoms with Crippen molar-refractivity contribution in [2.45, 2.75) is 26.6 Å². The van der Waals surface area contributed by atoms with Gasteiger partial charge in [-0.3, -0.25) is 19.3 Å². The van der Waals surface area contributed by atoms with Crippen LogP contribution < -0.4 is 4.74 Å². The minimum atomic E-state index is -0.641. The molecule has 0 aliphatic carbocycles. The van der Waals surface area contributed by atoms with Crippen molar-refractivity contribution in [3.8, 4) is 5.75 Å².